The van der Waals surface area contributed by atoms with Gasteiger partial charge in [0.05, 0.1) is 0 Å². The lowest BCUT2D eigenvalue weighted by Gasteiger charge is -2.44. The molecule has 2 N–H and O–H groups in total. The highest BCUT2D eigenvalue weighted by atomic mass is 19.1. The number of hydrogen-bond acceptors (Lipinski definition) is 2. The summed E-state index contributed by atoms with van der Waals surface area (Å²) in [6.45, 7) is 8.26. The van der Waals surface area contributed by atoms with Crippen molar-refractivity contribution in [3.8, 4) is 0 Å². The Morgan fingerprint density at radius 3 is 2.74 bits per heavy atom. The first-order valence-electron chi connectivity index (χ1n) is 7.26. The molecule has 0 bridgehead atoms. The SMILES string of the molecule is Cc1cc(F)ccc1C1C(CN)CCCN1C(C)C. The minimum Gasteiger partial charge on any atom is -0.330 e. The first-order chi connectivity index (χ1) is 9.04. The molecular formula is C16H25FN2. The highest BCUT2D eigenvalue weighted by Crippen LogP contribution is 2.38. The molecule has 0 aromatic heterocycles. The Kier molecular flexibility index (Phi) is 4.58. The molecule has 1 aromatic rings. The van der Waals surface area contributed by atoms with Crippen LogP contribution in [0.1, 0.15) is 43.9 Å². The van der Waals surface area contributed by atoms with E-state index in [9.17, 15) is 4.39 Å². The Labute approximate surface area is 115 Å². The lowest BCUT2D eigenvalue weighted by molar-refractivity contribution is 0.0661. The summed E-state index contributed by atoms with van der Waals surface area (Å²) in [5.41, 5.74) is 8.25. The highest BCUT2D eigenvalue weighted by molar-refractivity contribution is 5.30. The van der Waals surface area contributed by atoms with E-state index in [1.54, 1.807) is 12.1 Å². The number of hydrogen-bond donors (Lipinski definition) is 1. The zero-order chi connectivity index (χ0) is 14.0. The average Bonchev–Trinajstić information content (AvgIpc) is 2.38. The van der Waals surface area contributed by atoms with Crippen LogP contribution in [0.5, 0.6) is 0 Å². The van der Waals surface area contributed by atoms with Crippen molar-refractivity contribution in [2.75, 3.05) is 13.1 Å². The maximum Gasteiger partial charge on any atom is 0.123 e. The van der Waals surface area contributed by atoms with Gasteiger partial charge in [-0.1, -0.05) is 6.07 Å². The van der Waals surface area contributed by atoms with Gasteiger partial charge in [0, 0.05) is 12.1 Å². The van der Waals surface area contributed by atoms with Gasteiger partial charge >= 0.3 is 0 Å². The van der Waals surface area contributed by atoms with Gasteiger partial charge in [-0.05, 0) is 75.9 Å². The molecule has 1 saturated heterocycles. The number of piperidine rings is 1. The molecule has 19 heavy (non-hydrogen) atoms. The van der Waals surface area contributed by atoms with E-state index in [0.29, 0.717) is 24.5 Å². The maximum atomic E-state index is 13.3. The second-order valence-electron chi connectivity index (χ2n) is 5.92. The molecule has 0 spiro atoms. The predicted molar refractivity (Wildman–Crippen MR) is 77.5 cm³/mol. The maximum absolute atomic E-state index is 13.3. The lowest BCUT2D eigenvalue weighted by atomic mass is 9.82. The highest BCUT2D eigenvalue weighted by Gasteiger charge is 2.33. The van der Waals surface area contributed by atoms with Gasteiger partial charge in [-0.3, -0.25) is 4.90 Å². The molecule has 0 radical (unpaired) electrons. The topological polar surface area (TPSA) is 29.3 Å². The third kappa shape index (κ3) is 2.98. The monoisotopic (exact) mass is 264 g/mol. The molecule has 2 atom stereocenters. The Balaban J connectivity index is 2.39. The third-order valence-corrected chi connectivity index (χ3v) is 4.31. The van der Waals surface area contributed by atoms with Gasteiger partial charge in [0.2, 0.25) is 0 Å². The zero-order valence-electron chi connectivity index (χ0n) is 12.2. The minimum absolute atomic E-state index is 0.155. The molecule has 0 amide bonds. The van der Waals surface area contributed by atoms with E-state index in [1.807, 2.05) is 13.0 Å². The number of halogens is 1. The number of likely N-dealkylation sites (tertiary alicyclic amines) is 1. The molecule has 0 aliphatic carbocycles. The van der Waals surface area contributed by atoms with Crippen molar-refractivity contribution in [1.82, 2.24) is 4.90 Å². The van der Waals surface area contributed by atoms with E-state index < -0.39 is 0 Å². The van der Waals surface area contributed by atoms with Crippen LogP contribution in [0.2, 0.25) is 0 Å². The van der Waals surface area contributed by atoms with Crippen LogP contribution in [0.4, 0.5) is 4.39 Å². The zero-order valence-corrected chi connectivity index (χ0v) is 12.2. The predicted octanol–water partition coefficient (Wildman–Crippen LogP) is 3.25. The van der Waals surface area contributed by atoms with E-state index >= 15 is 0 Å². The van der Waals surface area contributed by atoms with E-state index in [4.69, 9.17) is 5.73 Å². The largest absolute Gasteiger partial charge is 0.330 e. The van der Waals surface area contributed by atoms with Crippen LogP contribution < -0.4 is 5.73 Å². The molecule has 1 heterocycles. The molecular weight excluding hydrogens is 239 g/mol. The number of aryl methyl sites for hydroxylation is 1. The van der Waals surface area contributed by atoms with Gasteiger partial charge in [0.15, 0.2) is 0 Å². The Hall–Kier alpha value is -0.930. The quantitative estimate of drug-likeness (QED) is 0.908. The molecule has 1 aromatic carbocycles. The summed E-state index contributed by atoms with van der Waals surface area (Å²) < 4.78 is 13.3. The van der Waals surface area contributed by atoms with Gasteiger partial charge in [0.1, 0.15) is 5.82 Å². The average molecular weight is 264 g/mol. The van der Waals surface area contributed by atoms with Crippen molar-refractivity contribution < 1.29 is 4.39 Å². The van der Waals surface area contributed by atoms with Gasteiger partial charge in [-0.15, -0.1) is 0 Å². The molecule has 2 unspecified atom stereocenters. The van der Waals surface area contributed by atoms with E-state index in [-0.39, 0.29) is 5.82 Å². The fourth-order valence-electron chi connectivity index (χ4n) is 3.33. The number of rotatable bonds is 3. The Morgan fingerprint density at radius 1 is 1.42 bits per heavy atom. The Bertz CT molecular complexity index is 431. The standard InChI is InChI=1S/C16H25FN2/c1-11(2)19-8-4-5-13(10-18)16(19)15-7-6-14(17)9-12(15)3/h6-7,9,11,13,16H,4-5,8,10,18H2,1-3H3. The van der Waals surface area contributed by atoms with Crippen molar-refractivity contribution in [2.45, 2.75) is 45.7 Å². The summed E-state index contributed by atoms with van der Waals surface area (Å²) in [4.78, 5) is 2.52. The lowest BCUT2D eigenvalue weighted by Crippen LogP contribution is -2.45. The second kappa shape index (κ2) is 6.02. The van der Waals surface area contributed by atoms with Crippen molar-refractivity contribution in [2.24, 2.45) is 11.7 Å². The van der Waals surface area contributed by atoms with Crippen LogP contribution in [0.15, 0.2) is 18.2 Å². The normalized spacial score (nSPS) is 24.9. The smallest absolute Gasteiger partial charge is 0.123 e. The summed E-state index contributed by atoms with van der Waals surface area (Å²) in [5, 5.41) is 0. The van der Waals surface area contributed by atoms with Crippen LogP contribution in [0, 0.1) is 18.7 Å². The van der Waals surface area contributed by atoms with Gasteiger partial charge in [0.25, 0.3) is 0 Å². The molecule has 2 rings (SSSR count). The van der Waals surface area contributed by atoms with Gasteiger partial charge < -0.3 is 5.73 Å². The van der Waals surface area contributed by atoms with Crippen molar-refractivity contribution in [1.29, 1.82) is 0 Å². The molecule has 0 saturated carbocycles. The van der Waals surface area contributed by atoms with Crippen LogP contribution in [0.3, 0.4) is 0 Å². The first-order valence-corrected chi connectivity index (χ1v) is 7.26. The summed E-state index contributed by atoms with van der Waals surface area (Å²) in [6, 6.07) is 5.97. The molecule has 1 aliphatic rings. The second-order valence-corrected chi connectivity index (χ2v) is 5.92. The van der Waals surface area contributed by atoms with Crippen LogP contribution in [-0.4, -0.2) is 24.0 Å². The van der Waals surface area contributed by atoms with Gasteiger partial charge in [-0.2, -0.15) is 0 Å². The molecule has 2 nitrogen and oxygen atoms in total. The number of nitrogens with zero attached hydrogens (tertiary/aromatic N) is 1. The fraction of sp³-hybridized carbons (Fsp3) is 0.625. The summed E-state index contributed by atoms with van der Waals surface area (Å²) in [5.74, 6) is 0.317. The molecule has 1 aliphatic heterocycles. The van der Waals surface area contributed by atoms with Crippen molar-refractivity contribution in [3.63, 3.8) is 0 Å². The third-order valence-electron chi connectivity index (χ3n) is 4.31. The fourth-order valence-corrected chi connectivity index (χ4v) is 3.33. The Morgan fingerprint density at radius 2 is 2.16 bits per heavy atom. The van der Waals surface area contributed by atoms with E-state index in [1.165, 1.54) is 18.4 Å². The van der Waals surface area contributed by atoms with Crippen molar-refractivity contribution in [3.05, 3.63) is 35.1 Å². The molecule has 3 heteroatoms. The van der Waals surface area contributed by atoms with Gasteiger partial charge in [-0.25, -0.2) is 4.39 Å². The summed E-state index contributed by atoms with van der Waals surface area (Å²) >= 11 is 0. The van der Waals surface area contributed by atoms with E-state index in [0.717, 1.165) is 12.1 Å². The first kappa shape index (κ1) is 14.5. The minimum atomic E-state index is -0.155. The number of nitrogens with two attached hydrogens (primary N) is 1. The summed E-state index contributed by atoms with van der Waals surface area (Å²) in [6.07, 6.45) is 2.37. The van der Waals surface area contributed by atoms with Crippen LogP contribution in [-0.2, 0) is 0 Å². The molecule has 1 fully saturated rings. The van der Waals surface area contributed by atoms with Crippen molar-refractivity contribution >= 4 is 0 Å². The van der Waals surface area contributed by atoms with E-state index in [2.05, 4.69) is 18.7 Å². The molecule has 106 valence electrons. The summed E-state index contributed by atoms with van der Waals surface area (Å²) in [7, 11) is 0. The number of benzene rings is 1. The van der Waals surface area contributed by atoms with Crippen LogP contribution in [0.25, 0.3) is 0 Å². The van der Waals surface area contributed by atoms with Crippen LogP contribution >= 0.6 is 0 Å².